The lowest BCUT2D eigenvalue weighted by molar-refractivity contribution is 0.255. The van der Waals surface area contributed by atoms with Crippen molar-refractivity contribution in [3.8, 4) is 0 Å². The number of hydrogen-bond donors (Lipinski definition) is 2. The van der Waals surface area contributed by atoms with Crippen molar-refractivity contribution in [3.63, 3.8) is 0 Å². The van der Waals surface area contributed by atoms with Gasteiger partial charge < -0.3 is 15.3 Å². The van der Waals surface area contributed by atoms with E-state index in [1.165, 1.54) is 5.56 Å². The van der Waals surface area contributed by atoms with Crippen LogP contribution in [0.1, 0.15) is 11.6 Å². The highest BCUT2D eigenvalue weighted by Crippen LogP contribution is 2.19. The van der Waals surface area contributed by atoms with Crippen LogP contribution in [0, 0.1) is 0 Å². The maximum absolute atomic E-state index is 8.87. The van der Waals surface area contributed by atoms with Crippen LogP contribution in [0.2, 0.25) is 0 Å². The Balaban J connectivity index is 2.06. The van der Waals surface area contributed by atoms with Gasteiger partial charge in [0.25, 0.3) is 0 Å². The van der Waals surface area contributed by atoms with Crippen molar-refractivity contribution in [2.45, 2.75) is 6.04 Å². The third kappa shape index (κ3) is 2.27. The van der Waals surface area contributed by atoms with E-state index >= 15 is 0 Å². The fourth-order valence-corrected chi connectivity index (χ4v) is 2.08. The molecule has 0 spiro atoms. The lowest BCUT2D eigenvalue weighted by Crippen LogP contribution is -2.30. The molecule has 1 heterocycles. The maximum atomic E-state index is 8.87. The molecule has 2 N–H and O–H groups in total. The number of aliphatic hydroxyl groups is 1. The van der Waals surface area contributed by atoms with Gasteiger partial charge in [-0.2, -0.15) is 0 Å². The molecule has 1 atom stereocenters. The Morgan fingerprint density at radius 1 is 1.40 bits per heavy atom. The summed E-state index contributed by atoms with van der Waals surface area (Å²) in [4.78, 5) is 1.99. The van der Waals surface area contributed by atoms with Crippen molar-refractivity contribution in [2.24, 2.45) is 0 Å². The van der Waals surface area contributed by atoms with E-state index in [2.05, 4.69) is 17.4 Å². The number of rotatable bonds is 3. The smallest absolute Gasteiger partial charge is 0.169 e. The summed E-state index contributed by atoms with van der Waals surface area (Å²) in [6.45, 7) is 1.59. The summed E-state index contributed by atoms with van der Waals surface area (Å²) in [5, 5.41) is 12.9. The average Bonchev–Trinajstić information content (AvgIpc) is 2.63. The molecule has 0 unspecified atom stereocenters. The molecule has 80 valence electrons. The predicted octanol–water partition coefficient (Wildman–Crippen LogP) is 0.910. The summed E-state index contributed by atoms with van der Waals surface area (Å²) in [6, 6.07) is 10.5. The zero-order valence-electron chi connectivity index (χ0n) is 8.39. The summed E-state index contributed by atoms with van der Waals surface area (Å²) in [5.41, 5.74) is 1.24. The Morgan fingerprint density at radius 2 is 2.13 bits per heavy atom. The van der Waals surface area contributed by atoms with Gasteiger partial charge in [-0.25, -0.2) is 0 Å². The van der Waals surface area contributed by atoms with Crippen molar-refractivity contribution < 1.29 is 5.11 Å². The molecular weight excluding hydrogens is 208 g/mol. The van der Waals surface area contributed by atoms with Gasteiger partial charge in [0, 0.05) is 13.1 Å². The van der Waals surface area contributed by atoms with Crippen LogP contribution in [0.25, 0.3) is 0 Å². The molecule has 1 saturated heterocycles. The molecule has 1 aromatic carbocycles. The summed E-state index contributed by atoms with van der Waals surface area (Å²) in [6.07, 6.45) is 0. The van der Waals surface area contributed by atoms with Gasteiger partial charge in [0.2, 0.25) is 0 Å². The van der Waals surface area contributed by atoms with Gasteiger partial charge in [-0.1, -0.05) is 30.3 Å². The van der Waals surface area contributed by atoms with E-state index in [4.69, 9.17) is 17.3 Å². The summed E-state index contributed by atoms with van der Waals surface area (Å²) in [7, 11) is 0. The van der Waals surface area contributed by atoms with Crippen LogP contribution in [0.5, 0.6) is 0 Å². The van der Waals surface area contributed by atoms with Gasteiger partial charge in [-0.05, 0) is 17.8 Å². The Bertz CT molecular complexity index is 342. The van der Waals surface area contributed by atoms with E-state index in [9.17, 15) is 0 Å². The first-order chi connectivity index (χ1) is 7.31. The number of β-amino-alcohol motifs (C(OH)–C–C–N with tert-alkyl or cyclic N) is 1. The molecule has 0 amide bonds. The third-order valence-electron chi connectivity index (χ3n) is 2.56. The van der Waals surface area contributed by atoms with Crippen LogP contribution in [-0.2, 0) is 0 Å². The molecule has 4 heteroatoms. The van der Waals surface area contributed by atoms with Gasteiger partial charge in [0.1, 0.15) is 0 Å². The first-order valence-electron chi connectivity index (χ1n) is 5.02. The Hall–Kier alpha value is -1.13. The second kappa shape index (κ2) is 4.59. The minimum Gasteiger partial charge on any atom is -0.395 e. The number of benzene rings is 1. The number of nitrogens with zero attached hydrogens (tertiary/aromatic N) is 1. The predicted molar refractivity (Wildman–Crippen MR) is 63.6 cm³/mol. The number of nitrogens with one attached hydrogen (secondary N) is 1. The lowest BCUT2D eigenvalue weighted by Gasteiger charge is -2.14. The van der Waals surface area contributed by atoms with E-state index in [-0.39, 0.29) is 12.6 Å². The van der Waals surface area contributed by atoms with Gasteiger partial charge in [0.15, 0.2) is 5.11 Å². The maximum Gasteiger partial charge on any atom is 0.169 e. The second-order valence-corrected chi connectivity index (χ2v) is 3.97. The number of hydrogen-bond acceptors (Lipinski definition) is 2. The van der Waals surface area contributed by atoms with Crippen LogP contribution in [0.4, 0.5) is 0 Å². The minimum atomic E-state index is 0.142. The molecule has 1 aromatic rings. The minimum absolute atomic E-state index is 0.142. The van der Waals surface area contributed by atoms with E-state index in [0.29, 0.717) is 6.54 Å². The molecule has 15 heavy (non-hydrogen) atoms. The highest BCUT2D eigenvalue weighted by molar-refractivity contribution is 7.80. The van der Waals surface area contributed by atoms with Crippen LogP contribution in [0.3, 0.4) is 0 Å². The average molecular weight is 222 g/mol. The summed E-state index contributed by atoms with van der Waals surface area (Å²) < 4.78 is 0. The van der Waals surface area contributed by atoms with Crippen LogP contribution >= 0.6 is 12.2 Å². The van der Waals surface area contributed by atoms with E-state index in [0.717, 1.165) is 11.7 Å². The van der Waals surface area contributed by atoms with Crippen molar-refractivity contribution in [1.82, 2.24) is 10.2 Å². The molecule has 0 aromatic heterocycles. The number of thiocarbonyl (C=S) groups is 1. The quantitative estimate of drug-likeness (QED) is 0.745. The zero-order valence-corrected chi connectivity index (χ0v) is 9.20. The topological polar surface area (TPSA) is 35.5 Å². The Kier molecular flexibility index (Phi) is 3.18. The first-order valence-corrected chi connectivity index (χ1v) is 5.43. The van der Waals surface area contributed by atoms with Crippen LogP contribution in [0.15, 0.2) is 30.3 Å². The largest absolute Gasteiger partial charge is 0.395 e. The fraction of sp³-hybridized carbons (Fsp3) is 0.364. The highest BCUT2D eigenvalue weighted by atomic mass is 32.1. The van der Waals surface area contributed by atoms with Gasteiger partial charge in [0.05, 0.1) is 12.6 Å². The SMILES string of the molecule is OCCN1C[C@@H](c2ccccc2)NC1=S. The second-order valence-electron chi connectivity index (χ2n) is 3.58. The van der Waals surface area contributed by atoms with Crippen molar-refractivity contribution >= 4 is 17.3 Å². The summed E-state index contributed by atoms with van der Waals surface area (Å²) in [5.74, 6) is 0. The molecule has 1 fully saturated rings. The summed E-state index contributed by atoms with van der Waals surface area (Å²) >= 11 is 5.19. The van der Waals surface area contributed by atoms with Crippen LogP contribution in [-0.4, -0.2) is 34.8 Å². The zero-order chi connectivity index (χ0) is 10.7. The van der Waals surface area contributed by atoms with Crippen molar-refractivity contribution in [2.75, 3.05) is 19.7 Å². The van der Waals surface area contributed by atoms with Crippen molar-refractivity contribution in [1.29, 1.82) is 0 Å². The van der Waals surface area contributed by atoms with Crippen molar-refractivity contribution in [3.05, 3.63) is 35.9 Å². The molecule has 1 aliphatic heterocycles. The Labute approximate surface area is 94.7 Å². The van der Waals surface area contributed by atoms with Gasteiger partial charge in [-0.3, -0.25) is 0 Å². The van der Waals surface area contributed by atoms with Crippen LogP contribution < -0.4 is 5.32 Å². The molecule has 0 saturated carbocycles. The molecule has 0 radical (unpaired) electrons. The molecule has 0 aliphatic carbocycles. The molecule has 1 aliphatic rings. The van der Waals surface area contributed by atoms with Gasteiger partial charge in [-0.15, -0.1) is 0 Å². The first kappa shape index (κ1) is 10.4. The highest BCUT2D eigenvalue weighted by Gasteiger charge is 2.25. The number of aliphatic hydroxyl groups excluding tert-OH is 1. The Morgan fingerprint density at radius 3 is 2.80 bits per heavy atom. The third-order valence-corrected chi connectivity index (χ3v) is 2.94. The molecular formula is C11H14N2OS. The molecule has 0 bridgehead atoms. The van der Waals surface area contributed by atoms with E-state index < -0.39 is 0 Å². The fourth-order valence-electron chi connectivity index (χ4n) is 1.78. The standard InChI is InChI=1S/C11H14N2OS/c14-7-6-13-8-10(12-11(13)15)9-4-2-1-3-5-9/h1-5,10,14H,6-8H2,(H,12,15)/t10-/m0/s1. The lowest BCUT2D eigenvalue weighted by atomic mass is 10.1. The van der Waals surface area contributed by atoms with E-state index in [1.54, 1.807) is 0 Å². The van der Waals surface area contributed by atoms with Gasteiger partial charge >= 0.3 is 0 Å². The normalized spacial score (nSPS) is 20.5. The molecule has 3 nitrogen and oxygen atoms in total. The monoisotopic (exact) mass is 222 g/mol. The van der Waals surface area contributed by atoms with E-state index in [1.807, 2.05) is 23.1 Å². The molecule has 2 rings (SSSR count).